The van der Waals surface area contributed by atoms with Crippen LogP contribution in [0.5, 0.6) is 11.5 Å². The molecular weight excluding hydrogens is 595 g/mol. The first kappa shape index (κ1) is 32.8. The van der Waals surface area contributed by atoms with Gasteiger partial charge in [0.15, 0.2) is 11.5 Å². The molecule has 4 unspecified atom stereocenters. The summed E-state index contributed by atoms with van der Waals surface area (Å²) in [5, 5.41) is 24.6. The van der Waals surface area contributed by atoms with Crippen LogP contribution in [0, 0.1) is 0 Å². The van der Waals surface area contributed by atoms with E-state index >= 15 is 0 Å². The van der Waals surface area contributed by atoms with Gasteiger partial charge in [0.2, 0.25) is 11.8 Å². The zero-order chi connectivity index (χ0) is 31.1. The molecule has 4 rings (SSSR count). The summed E-state index contributed by atoms with van der Waals surface area (Å²) in [4.78, 5) is 40.6. The third kappa shape index (κ3) is 7.34. The Morgan fingerprint density at radius 1 is 1.12 bits per heavy atom. The maximum Gasteiger partial charge on any atom is 0.247 e. The highest BCUT2D eigenvalue weighted by Crippen LogP contribution is 2.51. The van der Waals surface area contributed by atoms with Crippen LogP contribution in [-0.2, 0) is 16.1 Å². The van der Waals surface area contributed by atoms with Gasteiger partial charge in [-0.2, -0.15) is 0 Å². The third-order valence-electron chi connectivity index (χ3n) is 7.92. The van der Waals surface area contributed by atoms with Crippen LogP contribution in [-0.4, -0.2) is 71.7 Å². The molecule has 0 saturated heterocycles. The van der Waals surface area contributed by atoms with Crippen LogP contribution in [0.1, 0.15) is 72.9 Å². The minimum absolute atomic E-state index is 0.00979. The Labute approximate surface area is 261 Å². The molecule has 232 valence electrons. The molecule has 4 atom stereocenters. The van der Waals surface area contributed by atoms with E-state index in [1.165, 1.54) is 13.2 Å². The monoisotopic (exact) mass is 632 g/mol. The Bertz CT molecular complexity index is 1370. The van der Waals surface area contributed by atoms with E-state index in [0.717, 1.165) is 25.7 Å². The lowest BCUT2D eigenvalue weighted by Crippen LogP contribution is -2.55. The van der Waals surface area contributed by atoms with E-state index in [4.69, 9.17) is 32.7 Å². The van der Waals surface area contributed by atoms with Crippen molar-refractivity contribution in [3.63, 3.8) is 0 Å². The van der Waals surface area contributed by atoms with Crippen molar-refractivity contribution in [3.8, 4) is 11.5 Å². The van der Waals surface area contributed by atoms with E-state index < -0.39 is 30.1 Å². The number of nitrogens with one attached hydrogen (secondary N) is 1. The maximum atomic E-state index is 13.8. The van der Waals surface area contributed by atoms with E-state index in [9.17, 15) is 24.6 Å². The molecule has 0 radical (unpaired) electrons. The molecule has 43 heavy (non-hydrogen) atoms. The average molecular weight is 634 g/mol. The lowest BCUT2D eigenvalue weighted by molar-refractivity contribution is -0.138. The predicted octanol–water partition coefficient (Wildman–Crippen LogP) is 4.83. The van der Waals surface area contributed by atoms with Crippen LogP contribution in [0.2, 0.25) is 10.0 Å². The molecule has 9 nitrogen and oxygen atoms in total. The highest BCUT2D eigenvalue weighted by Gasteiger charge is 2.51. The van der Waals surface area contributed by atoms with Crippen molar-refractivity contribution in [3.05, 3.63) is 68.7 Å². The van der Waals surface area contributed by atoms with Gasteiger partial charge in [-0.1, -0.05) is 61.9 Å². The maximum absolute atomic E-state index is 13.8. The molecule has 0 bridgehead atoms. The minimum Gasteiger partial charge on any atom is -0.493 e. The smallest absolute Gasteiger partial charge is 0.247 e. The second kappa shape index (κ2) is 15.1. The van der Waals surface area contributed by atoms with Crippen molar-refractivity contribution in [1.82, 2.24) is 10.2 Å². The highest BCUT2D eigenvalue weighted by atomic mass is 35.5. The summed E-state index contributed by atoms with van der Waals surface area (Å²) in [6.07, 6.45) is 5.14. The van der Waals surface area contributed by atoms with Gasteiger partial charge in [0.05, 0.1) is 35.7 Å². The van der Waals surface area contributed by atoms with Crippen molar-refractivity contribution in [2.45, 2.75) is 76.2 Å². The van der Waals surface area contributed by atoms with Crippen molar-refractivity contribution in [2.75, 3.05) is 20.3 Å². The van der Waals surface area contributed by atoms with Crippen molar-refractivity contribution in [1.29, 1.82) is 0 Å². The Balaban J connectivity index is 1.76. The van der Waals surface area contributed by atoms with Crippen molar-refractivity contribution < 1.29 is 34.1 Å². The van der Waals surface area contributed by atoms with Gasteiger partial charge in [0, 0.05) is 36.2 Å². The fourth-order valence-electron chi connectivity index (χ4n) is 5.78. The SMILES string of the molecule is CCCCCCCC(=O)N(Cc1ccc(Cl)c(Cl)c1)C1C=C(C(=O)NCCO)C2c3cc(C=O)cc(OC)c3OC2C1O. The molecule has 1 aliphatic carbocycles. The number of methoxy groups -OCH3 is 1. The van der Waals surface area contributed by atoms with Gasteiger partial charge >= 0.3 is 0 Å². The summed E-state index contributed by atoms with van der Waals surface area (Å²) in [6, 6.07) is 7.30. The number of hydrogen-bond donors (Lipinski definition) is 3. The minimum atomic E-state index is -1.23. The Morgan fingerprint density at radius 2 is 1.88 bits per heavy atom. The van der Waals surface area contributed by atoms with Gasteiger partial charge in [0.1, 0.15) is 18.5 Å². The topological polar surface area (TPSA) is 125 Å². The summed E-state index contributed by atoms with van der Waals surface area (Å²) in [6.45, 7) is 1.98. The van der Waals surface area contributed by atoms with Gasteiger partial charge in [-0.3, -0.25) is 14.4 Å². The molecule has 11 heteroatoms. The summed E-state index contributed by atoms with van der Waals surface area (Å²) < 4.78 is 11.7. The molecule has 0 saturated carbocycles. The number of carbonyl (C=O) groups is 3. The molecule has 2 aromatic rings. The normalized spacial score (nSPS) is 20.4. The fraction of sp³-hybridized carbons (Fsp3) is 0.469. The van der Waals surface area contributed by atoms with Crippen LogP contribution in [0.4, 0.5) is 0 Å². The number of carbonyl (C=O) groups excluding carboxylic acids is 3. The number of amides is 2. The first-order valence-corrected chi connectivity index (χ1v) is 15.4. The second-order valence-electron chi connectivity index (χ2n) is 10.8. The first-order chi connectivity index (χ1) is 20.7. The van der Waals surface area contributed by atoms with Gasteiger partial charge in [-0.15, -0.1) is 0 Å². The third-order valence-corrected chi connectivity index (χ3v) is 8.66. The number of unbranched alkanes of at least 4 members (excludes halogenated alkanes) is 4. The summed E-state index contributed by atoms with van der Waals surface area (Å²) in [5.74, 6) is -0.794. The van der Waals surface area contributed by atoms with E-state index in [0.29, 0.717) is 50.9 Å². The lowest BCUT2D eigenvalue weighted by atomic mass is 9.77. The molecule has 2 aliphatic rings. The number of ether oxygens (including phenoxy) is 2. The number of aliphatic hydroxyl groups is 2. The van der Waals surface area contributed by atoms with Crippen LogP contribution >= 0.6 is 23.2 Å². The second-order valence-corrected chi connectivity index (χ2v) is 11.7. The molecule has 0 fully saturated rings. The van der Waals surface area contributed by atoms with Gasteiger partial charge in [0.25, 0.3) is 0 Å². The average Bonchev–Trinajstić information content (AvgIpc) is 3.40. The molecule has 0 spiro atoms. The van der Waals surface area contributed by atoms with Crippen LogP contribution in [0.15, 0.2) is 42.0 Å². The van der Waals surface area contributed by atoms with Crippen molar-refractivity contribution in [2.24, 2.45) is 0 Å². The standard InChI is InChI=1S/C32H38Cl2N2O7/c1-3-4-5-6-7-8-27(39)36(17-19-9-10-23(33)24(34)14-19)25-16-22(32(41)35-11-12-37)28-21-13-20(18-38)15-26(42-2)30(21)43-31(28)29(25)40/h9-10,13-16,18,25,28-29,31,37,40H,3-8,11-12,17H2,1-2H3,(H,35,41). The molecule has 2 amide bonds. The molecule has 3 N–H and O–H groups in total. The molecule has 1 heterocycles. The molecule has 1 aliphatic heterocycles. The number of benzene rings is 2. The van der Waals surface area contributed by atoms with Crippen LogP contribution in [0.3, 0.4) is 0 Å². The van der Waals surface area contributed by atoms with E-state index in [2.05, 4.69) is 12.2 Å². The van der Waals surface area contributed by atoms with Crippen LogP contribution in [0.25, 0.3) is 0 Å². The largest absolute Gasteiger partial charge is 0.493 e. The van der Waals surface area contributed by atoms with E-state index in [-0.39, 0.29) is 37.6 Å². The van der Waals surface area contributed by atoms with Crippen LogP contribution < -0.4 is 14.8 Å². The summed E-state index contributed by atoms with van der Waals surface area (Å²) in [7, 11) is 1.44. The number of aldehydes is 1. The Kier molecular flexibility index (Phi) is 11.5. The number of aliphatic hydroxyl groups excluding tert-OH is 2. The predicted molar refractivity (Wildman–Crippen MR) is 164 cm³/mol. The zero-order valence-electron chi connectivity index (χ0n) is 24.4. The molecule has 0 aromatic heterocycles. The number of hydrogen-bond acceptors (Lipinski definition) is 7. The number of halogens is 2. The van der Waals surface area contributed by atoms with Crippen molar-refractivity contribution >= 4 is 41.3 Å². The number of rotatable bonds is 14. The number of fused-ring (bicyclic) bond motifs is 3. The van der Waals surface area contributed by atoms with E-state index in [1.807, 2.05) is 0 Å². The lowest BCUT2D eigenvalue weighted by Gasteiger charge is -2.41. The molecular formula is C32H38Cl2N2O7. The quantitative estimate of drug-likeness (QED) is 0.201. The van der Waals surface area contributed by atoms with Gasteiger partial charge < -0.3 is 29.9 Å². The molecule has 2 aromatic carbocycles. The highest BCUT2D eigenvalue weighted by molar-refractivity contribution is 6.42. The number of nitrogens with zero attached hydrogens (tertiary/aromatic N) is 1. The van der Waals surface area contributed by atoms with Gasteiger partial charge in [-0.05, 0) is 42.3 Å². The fourth-order valence-corrected chi connectivity index (χ4v) is 6.10. The zero-order valence-corrected chi connectivity index (χ0v) is 25.9. The van der Waals surface area contributed by atoms with Gasteiger partial charge in [-0.25, -0.2) is 0 Å². The summed E-state index contributed by atoms with van der Waals surface area (Å²) >= 11 is 12.4. The first-order valence-electron chi connectivity index (χ1n) is 14.6. The summed E-state index contributed by atoms with van der Waals surface area (Å²) in [5.41, 5.74) is 1.81. The Morgan fingerprint density at radius 3 is 2.56 bits per heavy atom. The Hall–Kier alpha value is -3.11. The van der Waals surface area contributed by atoms with E-state index in [1.54, 1.807) is 35.2 Å².